The van der Waals surface area contributed by atoms with E-state index in [4.69, 9.17) is 10.1 Å². The van der Waals surface area contributed by atoms with Crippen molar-refractivity contribution in [2.24, 2.45) is 0 Å². The van der Waals surface area contributed by atoms with Gasteiger partial charge in [-0.1, -0.05) is 57.5 Å². The van der Waals surface area contributed by atoms with Crippen LogP contribution in [-0.2, 0) is 5.41 Å². The van der Waals surface area contributed by atoms with Crippen LogP contribution in [0.3, 0.4) is 0 Å². The van der Waals surface area contributed by atoms with Crippen molar-refractivity contribution in [1.82, 2.24) is 24.4 Å². The minimum atomic E-state index is -0.120. The third kappa shape index (κ3) is 3.97. The van der Waals surface area contributed by atoms with E-state index in [2.05, 4.69) is 63.8 Å². The van der Waals surface area contributed by atoms with Crippen molar-refractivity contribution in [1.29, 1.82) is 0 Å². The lowest BCUT2D eigenvalue weighted by Crippen LogP contribution is -2.48. The fraction of sp³-hybridized carbons (Fsp3) is 0.458. The molecule has 0 atom stereocenters. The Morgan fingerprint density at radius 3 is 2.30 bits per heavy atom. The summed E-state index contributed by atoms with van der Waals surface area (Å²) in [6.07, 6.45) is 0. The number of rotatable bonds is 3. The summed E-state index contributed by atoms with van der Waals surface area (Å²) >= 11 is 0. The summed E-state index contributed by atoms with van der Waals surface area (Å²) in [7, 11) is 0. The van der Waals surface area contributed by atoms with Crippen LogP contribution in [0.5, 0.6) is 0 Å². The van der Waals surface area contributed by atoms with E-state index in [9.17, 15) is 4.79 Å². The highest BCUT2D eigenvalue weighted by molar-refractivity contribution is 5.94. The molecule has 1 aromatic carbocycles. The van der Waals surface area contributed by atoms with Crippen LogP contribution in [0.4, 0.5) is 0 Å². The molecule has 0 aliphatic carbocycles. The first-order valence-corrected chi connectivity index (χ1v) is 10.8. The van der Waals surface area contributed by atoms with Crippen LogP contribution >= 0.6 is 0 Å². The van der Waals surface area contributed by atoms with Gasteiger partial charge < -0.3 is 9.80 Å². The van der Waals surface area contributed by atoms with Gasteiger partial charge in [0, 0.05) is 43.2 Å². The Bertz CT molecular complexity index is 1050. The first kappa shape index (κ1) is 20.5. The summed E-state index contributed by atoms with van der Waals surface area (Å²) in [4.78, 5) is 22.7. The molecule has 0 saturated carbocycles. The Kier molecular flexibility index (Phi) is 5.36. The molecule has 1 saturated heterocycles. The van der Waals surface area contributed by atoms with Crippen LogP contribution in [0.15, 0.2) is 36.4 Å². The zero-order valence-corrected chi connectivity index (χ0v) is 18.6. The summed E-state index contributed by atoms with van der Waals surface area (Å²) in [6.45, 7) is 14.9. The van der Waals surface area contributed by atoms with E-state index >= 15 is 0 Å². The minimum Gasteiger partial charge on any atom is -0.335 e. The number of piperazine rings is 1. The standard InChI is InChI=1S/C24H31N5O/c1-6-27-11-13-28(14-12-27)23(30)20-15-19(18-9-7-17(2)8-10-18)25-22-16-21(24(3,4)5)26-29(20)22/h7-10,15-16H,6,11-14H2,1-5H3. The van der Waals surface area contributed by atoms with Crippen LogP contribution in [0.25, 0.3) is 16.9 Å². The van der Waals surface area contributed by atoms with Crippen molar-refractivity contribution < 1.29 is 4.79 Å². The monoisotopic (exact) mass is 405 g/mol. The molecule has 1 aliphatic heterocycles. The molecule has 6 heteroatoms. The predicted octanol–water partition coefficient (Wildman–Crippen LogP) is 3.78. The van der Waals surface area contributed by atoms with Crippen LogP contribution < -0.4 is 0 Å². The zero-order chi connectivity index (χ0) is 21.5. The van der Waals surface area contributed by atoms with Gasteiger partial charge in [-0.25, -0.2) is 9.50 Å². The van der Waals surface area contributed by atoms with Crippen molar-refractivity contribution >= 4 is 11.6 Å². The number of aromatic nitrogens is 3. The van der Waals surface area contributed by atoms with Crippen molar-refractivity contribution in [2.75, 3.05) is 32.7 Å². The van der Waals surface area contributed by atoms with Gasteiger partial charge in [-0.15, -0.1) is 0 Å². The molecular formula is C24H31N5O. The number of likely N-dealkylation sites (N-methyl/N-ethyl adjacent to an activating group) is 1. The van der Waals surface area contributed by atoms with E-state index in [1.165, 1.54) is 5.56 Å². The topological polar surface area (TPSA) is 53.7 Å². The summed E-state index contributed by atoms with van der Waals surface area (Å²) in [5, 5.41) is 4.78. The zero-order valence-electron chi connectivity index (χ0n) is 18.6. The largest absolute Gasteiger partial charge is 0.335 e. The second-order valence-corrected chi connectivity index (χ2v) is 9.17. The number of aryl methyl sites for hydroxylation is 1. The highest BCUT2D eigenvalue weighted by Gasteiger charge is 2.26. The van der Waals surface area contributed by atoms with E-state index in [1.54, 1.807) is 4.52 Å². The molecule has 0 bridgehead atoms. The fourth-order valence-corrected chi connectivity index (χ4v) is 3.79. The SMILES string of the molecule is CCN1CCN(C(=O)c2cc(-c3ccc(C)cc3)nc3cc(C(C)(C)C)nn23)CC1. The molecule has 1 fully saturated rings. The fourth-order valence-electron chi connectivity index (χ4n) is 3.79. The quantitative estimate of drug-likeness (QED) is 0.665. The van der Waals surface area contributed by atoms with Crippen LogP contribution in [0, 0.1) is 6.92 Å². The molecular weight excluding hydrogens is 374 g/mol. The number of hydrogen-bond donors (Lipinski definition) is 0. The Hall–Kier alpha value is -2.73. The Morgan fingerprint density at radius 2 is 1.70 bits per heavy atom. The van der Waals surface area contributed by atoms with Gasteiger partial charge in [0.15, 0.2) is 5.65 Å². The third-order valence-electron chi connectivity index (χ3n) is 5.87. The lowest BCUT2D eigenvalue weighted by Gasteiger charge is -2.34. The molecule has 3 aromatic rings. The van der Waals surface area contributed by atoms with E-state index in [1.807, 2.05) is 17.0 Å². The molecule has 158 valence electrons. The third-order valence-corrected chi connectivity index (χ3v) is 5.87. The Morgan fingerprint density at radius 1 is 1.03 bits per heavy atom. The van der Waals surface area contributed by atoms with Crippen LogP contribution in [0.1, 0.15) is 49.4 Å². The van der Waals surface area contributed by atoms with Gasteiger partial charge in [0.1, 0.15) is 5.69 Å². The van der Waals surface area contributed by atoms with E-state index in [-0.39, 0.29) is 11.3 Å². The second-order valence-electron chi connectivity index (χ2n) is 9.17. The lowest BCUT2D eigenvalue weighted by molar-refractivity contribution is 0.0634. The summed E-state index contributed by atoms with van der Waals surface area (Å²) in [5.74, 6) is 0.0232. The molecule has 4 rings (SSSR count). The summed E-state index contributed by atoms with van der Waals surface area (Å²) in [6, 6.07) is 12.2. The molecule has 3 heterocycles. The van der Waals surface area contributed by atoms with E-state index in [0.717, 1.165) is 49.7 Å². The average Bonchev–Trinajstić information content (AvgIpc) is 3.18. The molecule has 0 unspecified atom stereocenters. The number of amides is 1. The van der Waals surface area contributed by atoms with Crippen LogP contribution in [-0.4, -0.2) is 63.0 Å². The smallest absolute Gasteiger partial charge is 0.272 e. The molecule has 1 amide bonds. The molecule has 0 N–H and O–H groups in total. The van der Waals surface area contributed by atoms with Gasteiger partial charge >= 0.3 is 0 Å². The minimum absolute atomic E-state index is 0.0232. The van der Waals surface area contributed by atoms with Crippen molar-refractivity contribution in [3.05, 3.63) is 53.3 Å². The highest BCUT2D eigenvalue weighted by atomic mass is 16.2. The van der Waals surface area contributed by atoms with Gasteiger partial charge in [0.25, 0.3) is 5.91 Å². The predicted molar refractivity (Wildman–Crippen MR) is 120 cm³/mol. The number of fused-ring (bicyclic) bond motifs is 1. The molecule has 0 radical (unpaired) electrons. The van der Waals surface area contributed by atoms with Gasteiger partial charge in [-0.2, -0.15) is 5.10 Å². The molecule has 1 aliphatic rings. The average molecular weight is 406 g/mol. The molecule has 2 aromatic heterocycles. The second kappa shape index (κ2) is 7.84. The van der Waals surface area contributed by atoms with E-state index in [0.29, 0.717) is 11.3 Å². The normalized spacial score (nSPS) is 15.7. The summed E-state index contributed by atoms with van der Waals surface area (Å²) < 4.78 is 1.73. The number of carbonyl (C=O) groups is 1. The first-order valence-electron chi connectivity index (χ1n) is 10.8. The maximum Gasteiger partial charge on any atom is 0.272 e. The lowest BCUT2D eigenvalue weighted by atomic mass is 9.93. The highest BCUT2D eigenvalue weighted by Crippen LogP contribution is 2.26. The van der Waals surface area contributed by atoms with Gasteiger partial charge in [0.2, 0.25) is 0 Å². The number of hydrogen-bond acceptors (Lipinski definition) is 4. The Labute approximate surface area is 178 Å². The van der Waals surface area contributed by atoms with E-state index < -0.39 is 0 Å². The molecule has 0 spiro atoms. The van der Waals surface area contributed by atoms with Gasteiger partial charge in [-0.3, -0.25) is 4.79 Å². The Balaban J connectivity index is 1.80. The molecule has 30 heavy (non-hydrogen) atoms. The number of benzene rings is 1. The molecule has 6 nitrogen and oxygen atoms in total. The van der Waals surface area contributed by atoms with Crippen molar-refractivity contribution in [3.8, 4) is 11.3 Å². The number of carbonyl (C=O) groups excluding carboxylic acids is 1. The maximum atomic E-state index is 13.5. The maximum absolute atomic E-state index is 13.5. The van der Waals surface area contributed by atoms with Gasteiger partial charge in [-0.05, 0) is 19.5 Å². The van der Waals surface area contributed by atoms with Gasteiger partial charge in [0.05, 0.1) is 11.4 Å². The first-order chi connectivity index (χ1) is 14.3. The number of nitrogens with zero attached hydrogens (tertiary/aromatic N) is 5. The summed E-state index contributed by atoms with van der Waals surface area (Å²) in [5.41, 5.74) is 5.12. The van der Waals surface area contributed by atoms with Crippen molar-refractivity contribution in [2.45, 2.75) is 40.0 Å². The van der Waals surface area contributed by atoms with Crippen molar-refractivity contribution in [3.63, 3.8) is 0 Å². The van der Waals surface area contributed by atoms with Crippen LogP contribution in [0.2, 0.25) is 0 Å².